The van der Waals surface area contributed by atoms with Crippen molar-refractivity contribution in [2.75, 3.05) is 12.3 Å². The minimum Gasteiger partial charge on any atom is -0.466 e. The summed E-state index contributed by atoms with van der Waals surface area (Å²) < 4.78 is 6.54. The van der Waals surface area contributed by atoms with Crippen LogP contribution in [-0.4, -0.2) is 12.6 Å². The molecule has 2 N–H and O–H groups in total. The van der Waals surface area contributed by atoms with Crippen LogP contribution in [0.15, 0.2) is 21.1 Å². The van der Waals surface area contributed by atoms with Crippen molar-refractivity contribution in [1.82, 2.24) is 0 Å². The number of nitrogen functional groups attached to an aromatic ring is 1. The highest BCUT2D eigenvalue weighted by Crippen LogP contribution is 2.28. The van der Waals surface area contributed by atoms with E-state index in [9.17, 15) is 4.79 Å². The first-order chi connectivity index (χ1) is 7.04. The monoisotopic (exact) mass is 335 g/mol. The van der Waals surface area contributed by atoms with Gasteiger partial charge in [-0.2, -0.15) is 0 Å². The number of nitrogens with two attached hydrogens (primary N) is 1. The Morgan fingerprint density at radius 3 is 2.67 bits per heavy atom. The van der Waals surface area contributed by atoms with Gasteiger partial charge in [-0.1, -0.05) is 31.9 Å². The lowest BCUT2D eigenvalue weighted by atomic mass is 10.1. The topological polar surface area (TPSA) is 52.3 Å². The molecule has 0 aliphatic carbocycles. The number of esters is 1. The van der Waals surface area contributed by atoms with Gasteiger partial charge in [0.2, 0.25) is 0 Å². The fourth-order valence-electron chi connectivity index (χ4n) is 1.17. The average Bonchev–Trinajstić information content (AvgIpc) is 2.11. The van der Waals surface area contributed by atoms with E-state index in [1.165, 1.54) is 0 Å². The number of carbonyl (C=O) groups is 1. The van der Waals surface area contributed by atoms with Crippen molar-refractivity contribution in [3.63, 3.8) is 0 Å². The summed E-state index contributed by atoms with van der Waals surface area (Å²) in [6.45, 7) is 2.16. The molecule has 0 radical (unpaired) electrons. The van der Waals surface area contributed by atoms with E-state index in [0.717, 1.165) is 14.5 Å². The zero-order valence-electron chi connectivity index (χ0n) is 8.22. The summed E-state index contributed by atoms with van der Waals surface area (Å²) in [5.74, 6) is -0.271. The van der Waals surface area contributed by atoms with Crippen LogP contribution in [0.2, 0.25) is 0 Å². The SMILES string of the molecule is CCOC(=O)Cc1c(N)cc(Br)cc1Br. The molecule has 5 heteroatoms. The van der Waals surface area contributed by atoms with Gasteiger partial charge in [0.25, 0.3) is 0 Å². The molecule has 1 aromatic carbocycles. The highest BCUT2D eigenvalue weighted by molar-refractivity contribution is 9.11. The number of halogens is 2. The number of ether oxygens (including phenoxy) is 1. The van der Waals surface area contributed by atoms with Crippen molar-refractivity contribution in [1.29, 1.82) is 0 Å². The number of anilines is 1. The maximum atomic E-state index is 11.3. The second kappa shape index (κ2) is 5.51. The van der Waals surface area contributed by atoms with Crippen LogP contribution in [0, 0.1) is 0 Å². The second-order valence-electron chi connectivity index (χ2n) is 2.94. The standard InChI is InChI=1S/C10H11Br2NO2/c1-2-15-10(14)5-7-8(12)3-6(11)4-9(7)13/h3-4H,2,5,13H2,1H3. The maximum absolute atomic E-state index is 11.3. The van der Waals surface area contributed by atoms with Crippen LogP contribution >= 0.6 is 31.9 Å². The molecule has 0 fully saturated rings. The number of carbonyl (C=O) groups excluding carboxylic acids is 1. The first kappa shape index (κ1) is 12.5. The molecule has 1 aromatic rings. The highest BCUT2D eigenvalue weighted by Gasteiger charge is 2.11. The van der Waals surface area contributed by atoms with E-state index in [4.69, 9.17) is 10.5 Å². The van der Waals surface area contributed by atoms with Crippen LogP contribution in [0.1, 0.15) is 12.5 Å². The molecular weight excluding hydrogens is 326 g/mol. The van der Waals surface area contributed by atoms with Gasteiger partial charge < -0.3 is 10.5 Å². The van der Waals surface area contributed by atoms with E-state index >= 15 is 0 Å². The van der Waals surface area contributed by atoms with Crippen LogP contribution in [0.5, 0.6) is 0 Å². The number of hydrogen-bond acceptors (Lipinski definition) is 3. The van der Waals surface area contributed by atoms with E-state index in [2.05, 4.69) is 31.9 Å². The molecule has 0 unspecified atom stereocenters. The van der Waals surface area contributed by atoms with Crippen molar-refractivity contribution < 1.29 is 9.53 Å². The molecule has 1 rings (SSSR count). The van der Waals surface area contributed by atoms with Gasteiger partial charge in [-0.05, 0) is 19.1 Å². The molecule has 0 aromatic heterocycles. The molecule has 82 valence electrons. The van der Waals surface area contributed by atoms with Gasteiger partial charge in [-0.15, -0.1) is 0 Å². The van der Waals surface area contributed by atoms with Crippen LogP contribution in [0.4, 0.5) is 5.69 Å². The van der Waals surface area contributed by atoms with E-state index in [1.54, 1.807) is 13.0 Å². The summed E-state index contributed by atoms with van der Waals surface area (Å²) in [7, 11) is 0. The predicted molar refractivity (Wildman–Crippen MR) is 66.6 cm³/mol. The first-order valence-corrected chi connectivity index (χ1v) is 6.02. The zero-order valence-corrected chi connectivity index (χ0v) is 11.4. The molecular formula is C10H11Br2NO2. The van der Waals surface area contributed by atoms with E-state index < -0.39 is 0 Å². The Hall–Kier alpha value is -0.550. The summed E-state index contributed by atoms with van der Waals surface area (Å²) in [5.41, 5.74) is 7.13. The third kappa shape index (κ3) is 3.50. The van der Waals surface area contributed by atoms with E-state index in [-0.39, 0.29) is 12.4 Å². The van der Waals surface area contributed by atoms with Gasteiger partial charge in [0.1, 0.15) is 0 Å². The smallest absolute Gasteiger partial charge is 0.310 e. The fraction of sp³-hybridized carbons (Fsp3) is 0.300. The Bertz CT molecular complexity index is 357. The molecule has 0 spiro atoms. The molecule has 0 aliphatic rings. The van der Waals surface area contributed by atoms with Crippen LogP contribution < -0.4 is 5.73 Å². The summed E-state index contributed by atoms with van der Waals surface area (Å²) in [6.07, 6.45) is 0.188. The van der Waals surface area contributed by atoms with Crippen molar-refractivity contribution in [3.05, 3.63) is 26.6 Å². The van der Waals surface area contributed by atoms with Crippen molar-refractivity contribution in [2.45, 2.75) is 13.3 Å². The molecule has 3 nitrogen and oxygen atoms in total. The summed E-state index contributed by atoms with van der Waals surface area (Å²) in [6, 6.07) is 3.62. The molecule has 0 saturated heterocycles. The molecule has 0 atom stereocenters. The minimum atomic E-state index is -0.271. The Morgan fingerprint density at radius 1 is 1.47 bits per heavy atom. The summed E-state index contributed by atoms with van der Waals surface area (Å²) in [5, 5.41) is 0. The van der Waals surface area contributed by atoms with Gasteiger partial charge in [-0.25, -0.2) is 0 Å². The van der Waals surface area contributed by atoms with Gasteiger partial charge >= 0.3 is 5.97 Å². The van der Waals surface area contributed by atoms with Crippen LogP contribution in [0.25, 0.3) is 0 Å². The highest BCUT2D eigenvalue weighted by atomic mass is 79.9. The maximum Gasteiger partial charge on any atom is 0.310 e. The lowest BCUT2D eigenvalue weighted by molar-refractivity contribution is -0.142. The van der Waals surface area contributed by atoms with E-state index in [1.807, 2.05) is 6.07 Å². The first-order valence-electron chi connectivity index (χ1n) is 4.43. The Kier molecular flexibility index (Phi) is 4.60. The quantitative estimate of drug-likeness (QED) is 0.682. The van der Waals surface area contributed by atoms with Crippen LogP contribution in [0.3, 0.4) is 0 Å². The fourth-order valence-corrected chi connectivity index (χ4v) is 2.56. The van der Waals surface area contributed by atoms with E-state index in [0.29, 0.717) is 12.3 Å². The molecule has 0 saturated carbocycles. The van der Waals surface area contributed by atoms with Crippen molar-refractivity contribution in [3.8, 4) is 0 Å². The number of rotatable bonds is 3. The average molecular weight is 337 g/mol. The molecule has 0 heterocycles. The Morgan fingerprint density at radius 2 is 2.13 bits per heavy atom. The Balaban J connectivity index is 2.90. The lowest BCUT2D eigenvalue weighted by Crippen LogP contribution is -2.09. The lowest BCUT2D eigenvalue weighted by Gasteiger charge is -2.08. The summed E-state index contributed by atoms with van der Waals surface area (Å²) >= 11 is 6.68. The summed E-state index contributed by atoms with van der Waals surface area (Å²) in [4.78, 5) is 11.3. The predicted octanol–water partition coefficient (Wildman–Crippen LogP) is 2.90. The molecule has 0 amide bonds. The van der Waals surface area contributed by atoms with Crippen molar-refractivity contribution in [2.24, 2.45) is 0 Å². The molecule has 0 bridgehead atoms. The van der Waals surface area contributed by atoms with Gasteiger partial charge in [-0.3, -0.25) is 4.79 Å². The van der Waals surface area contributed by atoms with Gasteiger partial charge in [0.15, 0.2) is 0 Å². The van der Waals surface area contributed by atoms with Gasteiger partial charge in [0.05, 0.1) is 13.0 Å². The third-order valence-corrected chi connectivity index (χ3v) is 2.99. The van der Waals surface area contributed by atoms with Crippen LogP contribution in [-0.2, 0) is 16.0 Å². The number of benzene rings is 1. The molecule has 15 heavy (non-hydrogen) atoms. The Labute approximate surface area is 105 Å². The van der Waals surface area contributed by atoms with Crippen molar-refractivity contribution >= 4 is 43.5 Å². The normalized spacial score (nSPS) is 10.1. The molecule has 0 aliphatic heterocycles. The minimum absolute atomic E-state index is 0.188. The second-order valence-corrected chi connectivity index (χ2v) is 4.71. The van der Waals surface area contributed by atoms with Gasteiger partial charge in [0, 0.05) is 20.2 Å². The number of hydrogen-bond donors (Lipinski definition) is 1. The zero-order chi connectivity index (χ0) is 11.4. The largest absolute Gasteiger partial charge is 0.466 e. The third-order valence-electron chi connectivity index (χ3n) is 1.82.